The summed E-state index contributed by atoms with van der Waals surface area (Å²) in [6, 6.07) is 11.7. The first kappa shape index (κ1) is 13.0. The second kappa shape index (κ2) is 6.47. The van der Waals surface area contributed by atoms with E-state index in [1.807, 2.05) is 24.3 Å². The summed E-state index contributed by atoms with van der Waals surface area (Å²) >= 11 is 0. The fourth-order valence-electron chi connectivity index (χ4n) is 1.76. The molecular formula is C14H14N4O. The zero-order valence-corrected chi connectivity index (χ0v) is 10.6. The molecule has 0 unspecified atom stereocenters. The van der Waals surface area contributed by atoms with Crippen molar-refractivity contribution < 1.29 is 4.74 Å². The average Bonchev–Trinajstić information content (AvgIpc) is 2.47. The van der Waals surface area contributed by atoms with Gasteiger partial charge >= 0.3 is 0 Å². The van der Waals surface area contributed by atoms with Crippen LogP contribution in [-0.4, -0.2) is 17.3 Å². The molecule has 0 aliphatic rings. The number of hydrogen-bond acceptors (Lipinski definition) is 5. The highest BCUT2D eigenvalue weighted by Crippen LogP contribution is 2.14. The lowest BCUT2D eigenvalue weighted by atomic mass is 10.1. The molecule has 5 heteroatoms. The summed E-state index contributed by atoms with van der Waals surface area (Å²) in [4.78, 5) is 0. The molecule has 0 aliphatic heterocycles. The number of nitrogens with one attached hydrogen (secondary N) is 1. The Labute approximate surface area is 111 Å². The van der Waals surface area contributed by atoms with Crippen LogP contribution in [0.5, 0.6) is 0 Å². The predicted molar refractivity (Wildman–Crippen MR) is 71.2 cm³/mol. The molecule has 0 aliphatic carbocycles. The van der Waals surface area contributed by atoms with Crippen LogP contribution in [0.15, 0.2) is 36.5 Å². The van der Waals surface area contributed by atoms with E-state index in [0.717, 1.165) is 11.1 Å². The number of methoxy groups -OCH3 is 1. The molecule has 2 aromatic rings. The largest absolute Gasteiger partial charge is 0.380 e. The van der Waals surface area contributed by atoms with Crippen LogP contribution in [0, 0.1) is 11.3 Å². The van der Waals surface area contributed by atoms with Gasteiger partial charge in [-0.2, -0.15) is 10.4 Å². The van der Waals surface area contributed by atoms with E-state index in [9.17, 15) is 0 Å². The van der Waals surface area contributed by atoms with E-state index in [-0.39, 0.29) is 0 Å². The molecule has 1 N–H and O–H groups in total. The summed E-state index contributed by atoms with van der Waals surface area (Å²) in [7, 11) is 1.67. The molecule has 1 aromatic heterocycles. The molecule has 19 heavy (non-hydrogen) atoms. The molecule has 2 rings (SSSR count). The van der Waals surface area contributed by atoms with Crippen molar-refractivity contribution in [3.05, 3.63) is 53.2 Å². The fraction of sp³-hybridized carbons (Fsp3) is 0.214. The van der Waals surface area contributed by atoms with Crippen molar-refractivity contribution >= 4 is 5.82 Å². The van der Waals surface area contributed by atoms with E-state index < -0.39 is 0 Å². The van der Waals surface area contributed by atoms with E-state index in [1.165, 1.54) is 6.20 Å². The fourth-order valence-corrected chi connectivity index (χ4v) is 1.76. The number of ether oxygens (including phenoxy) is 1. The maximum atomic E-state index is 8.98. The molecule has 0 bridgehead atoms. The topological polar surface area (TPSA) is 70.8 Å². The van der Waals surface area contributed by atoms with E-state index in [1.54, 1.807) is 13.2 Å². The number of hydrogen-bond donors (Lipinski definition) is 1. The molecule has 0 saturated carbocycles. The highest BCUT2D eigenvalue weighted by molar-refractivity contribution is 5.50. The SMILES string of the molecule is COCc1ccccc1CNc1nnccc1C#N. The number of anilines is 1. The summed E-state index contributed by atoms with van der Waals surface area (Å²) in [5, 5.41) is 19.8. The Balaban J connectivity index is 2.13. The van der Waals surface area contributed by atoms with Crippen LogP contribution in [-0.2, 0) is 17.9 Å². The van der Waals surface area contributed by atoms with Crippen LogP contribution >= 0.6 is 0 Å². The molecule has 5 nitrogen and oxygen atoms in total. The van der Waals surface area contributed by atoms with Gasteiger partial charge in [0, 0.05) is 13.7 Å². The Kier molecular flexibility index (Phi) is 4.43. The lowest BCUT2D eigenvalue weighted by Gasteiger charge is -2.10. The summed E-state index contributed by atoms with van der Waals surface area (Å²) in [6.45, 7) is 1.14. The third kappa shape index (κ3) is 3.27. The van der Waals surface area contributed by atoms with Crippen molar-refractivity contribution in [2.24, 2.45) is 0 Å². The van der Waals surface area contributed by atoms with Crippen LogP contribution in [0.1, 0.15) is 16.7 Å². The Hall–Kier alpha value is -2.45. The lowest BCUT2D eigenvalue weighted by molar-refractivity contribution is 0.184. The first-order valence-corrected chi connectivity index (χ1v) is 5.86. The summed E-state index contributed by atoms with van der Waals surface area (Å²) in [5.74, 6) is 0.497. The first-order chi connectivity index (χ1) is 9.35. The third-order valence-corrected chi connectivity index (χ3v) is 2.71. The summed E-state index contributed by atoms with van der Waals surface area (Å²) in [5.41, 5.74) is 2.71. The number of benzene rings is 1. The molecule has 0 fully saturated rings. The van der Waals surface area contributed by atoms with Gasteiger partial charge in [-0.05, 0) is 17.2 Å². The molecule has 0 radical (unpaired) electrons. The monoisotopic (exact) mass is 254 g/mol. The Morgan fingerprint density at radius 3 is 2.79 bits per heavy atom. The number of rotatable bonds is 5. The molecule has 96 valence electrons. The average molecular weight is 254 g/mol. The van der Waals surface area contributed by atoms with Crippen LogP contribution in [0.3, 0.4) is 0 Å². The Bertz CT molecular complexity index is 592. The molecule has 1 aromatic carbocycles. The van der Waals surface area contributed by atoms with Crippen LogP contribution in [0.4, 0.5) is 5.82 Å². The summed E-state index contributed by atoms with van der Waals surface area (Å²) in [6.07, 6.45) is 1.50. The zero-order chi connectivity index (χ0) is 13.5. The van der Waals surface area contributed by atoms with Gasteiger partial charge in [0.25, 0.3) is 0 Å². The minimum atomic E-state index is 0.485. The van der Waals surface area contributed by atoms with Gasteiger partial charge in [0.1, 0.15) is 6.07 Å². The van der Waals surface area contributed by atoms with E-state index >= 15 is 0 Å². The quantitative estimate of drug-likeness (QED) is 0.884. The summed E-state index contributed by atoms with van der Waals surface area (Å²) < 4.78 is 5.16. The second-order valence-corrected chi connectivity index (χ2v) is 3.96. The standard InChI is InChI=1S/C14H14N4O/c1-19-10-13-5-3-2-4-12(13)9-16-14-11(8-15)6-7-17-18-14/h2-7H,9-10H2,1H3,(H,16,18). The van der Waals surface area contributed by atoms with Gasteiger partial charge in [0.05, 0.1) is 18.4 Å². The molecular weight excluding hydrogens is 240 g/mol. The van der Waals surface area contributed by atoms with Crippen LogP contribution < -0.4 is 5.32 Å². The number of nitrogens with zero attached hydrogens (tertiary/aromatic N) is 3. The lowest BCUT2D eigenvalue weighted by Crippen LogP contribution is -2.06. The van der Waals surface area contributed by atoms with E-state index in [0.29, 0.717) is 24.5 Å². The predicted octanol–water partition coefficient (Wildman–Crippen LogP) is 2.11. The third-order valence-electron chi connectivity index (χ3n) is 2.71. The minimum Gasteiger partial charge on any atom is -0.380 e. The van der Waals surface area contributed by atoms with Crippen molar-refractivity contribution in [2.45, 2.75) is 13.2 Å². The maximum Gasteiger partial charge on any atom is 0.166 e. The molecule has 1 heterocycles. The highest BCUT2D eigenvalue weighted by atomic mass is 16.5. The highest BCUT2D eigenvalue weighted by Gasteiger charge is 2.05. The van der Waals surface area contributed by atoms with Gasteiger partial charge < -0.3 is 10.1 Å². The van der Waals surface area contributed by atoms with E-state index in [2.05, 4.69) is 21.6 Å². The van der Waals surface area contributed by atoms with Crippen molar-refractivity contribution in [1.82, 2.24) is 10.2 Å². The molecule has 0 saturated heterocycles. The van der Waals surface area contributed by atoms with Crippen molar-refractivity contribution in [3.8, 4) is 6.07 Å². The Morgan fingerprint density at radius 2 is 2.05 bits per heavy atom. The number of aromatic nitrogens is 2. The first-order valence-electron chi connectivity index (χ1n) is 5.86. The van der Waals surface area contributed by atoms with E-state index in [4.69, 9.17) is 10.00 Å². The van der Waals surface area contributed by atoms with Gasteiger partial charge in [0.15, 0.2) is 5.82 Å². The van der Waals surface area contributed by atoms with Gasteiger partial charge in [-0.3, -0.25) is 0 Å². The van der Waals surface area contributed by atoms with Gasteiger partial charge in [-0.15, -0.1) is 5.10 Å². The minimum absolute atomic E-state index is 0.485. The zero-order valence-electron chi connectivity index (χ0n) is 10.6. The van der Waals surface area contributed by atoms with Gasteiger partial charge in [-0.25, -0.2) is 0 Å². The molecule has 0 amide bonds. The van der Waals surface area contributed by atoms with Crippen LogP contribution in [0.25, 0.3) is 0 Å². The molecule has 0 atom stereocenters. The maximum absolute atomic E-state index is 8.98. The Morgan fingerprint density at radius 1 is 1.26 bits per heavy atom. The second-order valence-electron chi connectivity index (χ2n) is 3.96. The van der Waals surface area contributed by atoms with Crippen LogP contribution in [0.2, 0.25) is 0 Å². The smallest absolute Gasteiger partial charge is 0.166 e. The van der Waals surface area contributed by atoms with Crippen molar-refractivity contribution in [3.63, 3.8) is 0 Å². The van der Waals surface area contributed by atoms with Gasteiger partial charge in [-0.1, -0.05) is 24.3 Å². The normalized spacial score (nSPS) is 9.89. The van der Waals surface area contributed by atoms with Crippen molar-refractivity contribution in [1.29, 1.82) is 5.26 Å². The van der Waals surface area contributed by atoms with Crippen molar-refractivity contribution in [2.75, 3.05) is 12.4 Å². The van der Waals surface area contributed by atoms with Gasteiger partial charge in [0.2, 0.25) is 0 Å². The number of nitriles is 1. The molecule has 0 spiro atoms.